The van der Waals surface area contributed by atoms with Crippen molar-refractivity contribution < 1.29 is 9.72 Å². The normalized spacial score (nSPS) is 17.1. The number of hydrogen-bond donors (Lipinski definition) is 1. The molecule has 0 spiro atoms. The molecule has 1 aromatic rings. The molecule has 1 atom stereocenters. The van der Waals surface area contributed by atoms with E-state index in [9.17, 15) is 14.9 Å². The first-order valence-corrected chi connectivity index (χ1v) is 5.77. The zero-order valence-electron chi connectivity index (χ0n) is 10.1. The molecule has 1 aliphatic heterocycles. The topological polar surface area (TPSA) is 89.5 Å². The summed E-state index contributed by atoms with van der Waals surface area (Å²) in [5, 5.41) is 10.7. The zero-order chi connectivity index (χ0) is 13.3. The van der Waals surface area contributed by atoms with Crippen molar-refractivity contribution in [2.75, 3.05) is 13.1 Å². The van der Waals surface area contributed by atoms with Gasteiger partial charge in [0.05, 0.1) is 10.8 Å². The standard InChI is InChI=1S/C12H15N3O3/c1-8(12(16)14-6-10(13)7-14)9-3-2-4-11(5-9)15(17)18/h2-5,8,10H,6-7,13H2,1H3. The molecule has 6 nitrogen and oxygen atoms in total. The van der Waals surface area contributed by atoms with E-state index in [4.69, 9.17) is 5.73 Å². The molecule has 0 bridgehead atoms. The van der Waals surface area contributed by atoms with Crippen LogP contribution in [0.4, 0.5) is 5.69 Å². The third kappa shape index (κ3) is 2.33. The molecule has 0 saturated carbocycles. The quantitative estimate of drug-likeness (QED) is 0.635. The summed E-state index contributed by atoms with van der Waals surface area (Å²) < 4.78 is 0. The molecule has 1 amide bonds. The number of nitrogens with zero attached hydrogens (tertiary/aromatic N) is 2. The summed E-state index contributed by atoms with van der Waals surface area (Å²) in [7, 11) is 0. The average molecular weight is 249 g/mol. The lowest BCUT2D eigenvalue weighted by Gasteiger charge is -2.38. The van der Waals surface area contributed by atoms with Crippen LogP contribution in [0.1, 0.15) is 18.4 Å². The second-order valence-corrected chi connectivity index (χ2v) is 4.58. The summed E-state index contributed by atoms with van der Waals surface area (Å²) in [5.74, 6) is -0.408. The number of likely N-dealkylation sites (tertiary alicyclic amines) is 1. The summed E-state index contributed by atoms with van der Waals surface area (Å²) in [6.07, 6.45) is 0. The van der Waals surface area contributed by atoms with Gasteiger partial charge in [0.15, 0.2) is 0 Å². The maximum Gasteiger partial charge on any atom is 0.269 e. The Morgan fingerprint density at radius 2 is 2.22 bits per heavy atom. The van der Waals surface area contributed by atoms with Gasteiger partial charge in [-0.1, -0.05) is 12.1 Å². The van der Waals surface area contributed by atoms with Gasteiger partial charge in [-0.3, -0.25) is 14.9 Å². The smallest absolute Gasteiger partial charge is 0.269 e. The third-order valence-corrected chi connectivity index (χ3v) is 3.17. The van der Waals surface area contributed by atoms with Crippen molar-refractivity contribution in [3.63, 3.8) is 0 Å². The van der Waals surface area contributed by atoms with Crippen molar-refractivity contribution in [2.24, 2.45) is 5.73 Å². The van der Waals surface area contributed by atoms with E-state index >= 15 is 0 Å². The van der Waals surface area contributed by atoms with Crippen molar-refractivity contribution in [1.29, 1.82) is 0 Å². The summed E-state index contributed by atoms with van der Waals surface area (Å²) in [5.41, 5.74) is 6.29. The minimum atomic E-state index is -0.458. The Labute approximate surface area is 105 Å². The number of rotatable bonds is 3. The van der Waals surface area contributed by atoms with Gasteiger partial charge >= 0.3 is 0 Å². The van der Waals surface area contributed by atoms with E-state index in [1.54, 1.807) is 24.0 Å². The van der Waals surface area contributed by atoms with Gasteiger partial charge in [0.2, 0.25) is 5.91 Å². The number of hydrogen-bond acceptors (Lipinski definition) is 4. The van der Waals surface area contributed by atoms with Crippen molar-refractivity contribution in [3.8, 4) is 0 Å². The van der Waals surface area contributed by atoms with Gasteiger partial charge in [0.25, 0.3) is 5.69 Å². The SMILES string of the molecule is CC(C(=O)N1CC(N)C1)c1cccc([N+](=O)[O-])c1. The van der Waals surface area contributed by atoms with E-state index in [1.165, 1.54) is 12.1 Å². The Hall–Kier alpha value is -1.95. The van der Waals surface area contributed by atoms with Crippen LogP contribution in [0.5, 0.6) is 0 Å². The molecule has 1 aliphatic rings. The fraction of sp³-hybridized carbons (Fsp3) is 0.417. The van der Waals surface area contributed by atoms with Crippen LogP contribution in [0.15, 0.2) is 24.3 Å². The van der Waals surface area contributed by atoms with E-state index < -0.39 is 4.92 Å². The van der Waals surface area contributed by atoms with Crippen LogP contribution < -0.4 is 5.73 Å². The van der Waals surface area contributed by atoms with E-state index in [-0.39, 0.29) is 23.6 Å². The molecule has 1 aromatic carbocycles. The van der Waals surface area contributed by atoms with Crippen molar-refractivity contribution in [1.82, 2.24) is 4.90 Å². The summed E-state index contributed by atoms with van der Waals surface area (Å²) in [6, 6.07) is 6.25. The van der Waals surface area contributed by atoms with Crippen LogP contribution in [-0.2, 0) is 4.79 Å². The highest BCUT2D eigenvalue weighted by molar-refractivity contribution is 5.84. The first-order chi connectivity index (χ1) is 8.49. The zero-order valence-corrected chi connectivity index (χ0v) is 10.1. The number of carbonyl (C=O) groups is 1. The van der Waals surface area contributed by atoms with Gasteiger partial charge in [0.1, 0.15) is 0 Å². The summed E-state index contributed by atoms with van der Waals surface area (Å²) >= 11 is 0. The molecule has 18 heavy (non-hydrogen) atoms. The number of nitro benzene ring substituents is 1. The van der Waals surface area contributed by atoms with Gasteiger partial charge in [-0.15, -0.1) is 0 Å². The number of nitro groups is 1. The highest BCUT2D eigenvalue weighted by atomic mass is 16.6. The van der Waals surface area contributed by atoms with Crippen LogP contribution in [0.3, 0.4) is 0 Å². The van der Waals surface area contributed by atoms with Crippen molar-refractivity contribution in [3.05, 3.63) is 39.9 Å². The molecule has 1 heterocycles. The Bertz CT molecular complexity index is 483. The molecule has 0 aliphatic carbocycles. The highest BCUT2D eigenvalue weighted by Crippen LogP contribution is 2.24. The monoisotopic (exact) mass is 249 g/mol. The molecule has 6 heteroatoms. The molecule has 96 valence electrons. The third-order valence-electron chi connectivity index (χ3n) is 3.17. The van der Waals surface area contributed by atoms with Crippen molar-refractivity contribution in [2.45, 2.75) is 18.9 Å². The Balaban J connectivity index is 2.13. The average Bonchev–Trinajstić information content (AvgIpc) is 2.33. The lowest BCUT2D eigenvalue weighted by Crippen LogP contribution is -2.58. The Kier molecular flexibility index (Phi) is 3.29. The second-order valence-electron chi connectivity index (χ2n) is 4.58. The first-order valence-electron chi connectivity index (χ1n) is 5.77. The molecular formula is C12H15N3O3. The predicted octanol–water partition coefficient (Wildman–Crippen LogP) is 0.868. The van der Waals surface area contributed by atoms with Crippen LogP contribution in [0.2, 0.25) is 0 Å². The summed E-state index contributed by atoms with van der Waals surface area (Å²) in [6.45, 7) is 2.89. The Morgan fingerprint density at radius 3 is 2.78 bits per heavy atom. The summed E-state index contributed by atoms with van der Waals surface area (Å²) in [4.78, 5) is 24.0. The van der Waals surface area contributed by atoms with Crippen LogP contribution >= 0.6 is 0 Å². The molecule has 1 fully saturated rings. The fourth-order valence-corrected chi connectivity index (χ4v) is 2.02. The van der Waals surface area contributed by atoms with Gasteiger partial charge in [-0.05, 0) is 12.5 Å². The fourth-order valence-electron chi connectivity index (χ4n) is 2.02. The maximum absolute atomic E-state index is 12.1. The first kappa shape index (κ1) is 12.5. The van der Waals surface area contributed by atoms with Crippen LogP contribution in [0.25, 0.3) is 0 Å². The van der Waals surface area contributed by atoms with Gasteiger partial charge in [-0.25, -0.2) is 0 Å². The van der Waals surface area contributed by atoms with Gasteiger partial charge in [0, 0.05) is 31.3 Å². The molecule has 0 radical (unpaired) electrons. The molecule has 1 unspecified atom stereocenters. The predicted molar refractivity (Wildman–Crippen MR) is 66.1 cm³/mol. The Morgan fingerprint density at radius 1 is 1.56 bits per heavy atom. The highest BCUT2D eigenvalue weighted by Gasteiger charge is 2.31. The van der Waals surface area contributed by atoms with Crippen LogP contribution in [-0.4, -0.2) is 34.9 Å². The molecule has 2 rings (SSSR count). The van der Waals surface area contributed by atoms with Gasteiger partial charge in [-0.2, -0.15) is 0 Å². The number of non-ortho nitro benzene ring substituents is 1. The van der Waals surface area contributed by atoms with Crippen LogP contribution in [0, 0.1) is 10.1 Å². The molecule has 1 saturated heterocycles. The van der Waals surface area contributed by atoms with E-state index in [1.807, 2.05) is 0 Å². The second kappa shape index (κ2) is 4.73. The largest absolute Gasteiger partial charge is 0.339 e. The van der Waals surface area contributed by atoms with E-state index in [2.05, 4.69) is 0 Å². The number of carbonyl (C=O) groups excluding carboxylic acids is 1. The van der Waals surface area contributed by atoms with E-state index in [0.717, 1.165) is 0 Å². The molecule has 0 aromatic heterocycles. The molecule has 2 N–H and O–H groups in total. The lowest BCUT2D eigenvalue weighted by atomic mass is 9.97. The van der Waals surface area contributed by atoms with Gasteiger partial charge < -0.3 is 10.6 Å². The minimum Gasteiger partial charge on any atom is -0.339 e. The molecular weight excluding hydrogens is 234 g/mol. The lowest BCUT2D eigenvalue weighted by molar-refractivity contribution is -0.384. The number of nitrogens with two attached hydrogens (primary N) is 1. The minimum absolute atomic E-state index is 0.00691. The number of amides is 1. The number of benzene rings is 1. The van der Waals surface area contributed by atoms with E-state index in [0.29, 0.717) is 18.7 Å². The van der Waals surface area contributed by atoms with Crippen molar-refractivity contribution >= 4 is 11.6 Å². The maximum atomic E-state index is 12.1.